The number of hydrogen-bond acceptors (Lipinski definition) is 3. The summed E-state index contributed by atoms with van der Waals surface area (Å²) in [5.41, 5.74) is 2.38. The number of nitrogens with zero attached hydrogens (tertiary/aromatic N) is 1. The summed E-state index contributed by atoms with van der Waals surface area (Å²) in [6.45, 7) is 3.61. The van der Waals surface area contributed by atoms with Crippen molar-refractivity contribution in [3.8, 4) is 11.1 Å². The van der Waals surface area contributed by atoms with E-state index in [2.05, 4.69) is 15.3 Å². The average Bonchev–Trinajstić information content (AvgIpc) is 2.96. The molecule has 3 rings (SSSR count). The van der Waals surface area contributed by atoms with Gasteiger partial charge in [-0.05, 0) is 48.6 Å². The molecular formula is C14H14N2OS. The van der Waals surface area contributed by atoms with Gasteiger partial charge in [0.25, 0.3) is 0 Å². The number of pyridine rings is 1. The van der Waals surface area contributed by atoms with Gasteiger partial charge in [0.2, 0.25) is 0 Å². The molecule has 3 aromatic rings. The van der Waals surface area contributed by atoms with Gasteiger partial charge in [0.1, 0.15) is 5.65 Å². The number of nitrogens with one attached hydrogen (secondary N) is 1. The lowest BCUT2D eigenvalue weighted by Crippen LogP contribution is -2.12. The first-order valence-corrected chi connectivity index (χ1v) is 6.67. The van der Waals surface area contributed by atoms with E-state index in [0.717, 1.165) is 27.0 Å². The quantitative estimate of drug-likeness (QED) is 0.739. The van der Waals surface area contributed by atoms with Crippen LogP contribution < -0.4 is 0 Å². The molecule has 0 radical (unpaired) electrons. The fourth-order valence-corrected chi connectivity index (χ4v) is 2.94. The molecule has 0 saturated carbocycles. The molecule has 3 nitrogen and oxygen atoms in total. The maximum absolute atomic E-state index is 10.0. The Bertz CT molecular complexity index is 691. The fraction of sp³-hybridized carbons (Fsp3) is 0.214. The standard InChI is InChI=1S/C14H14N2OS/c1-14(2,17)12-7-9(8-18-12)10-3-5-15-13-11(10)4-6-16-13/h3-8,17H,1-2H3,(H,15,16). The monoisotopic (exact) mass is 258 g/mol. The lowest BCUT2D eigenvalue weighted by Gasteiger charge is -2.13. The van der Waals surface area contributed by atoms with E-state index in [1.807, 2.05) is 24.4 Å². The predicted octanol–water partition coefficient (Wildman–Crippen LogP) is 3.52. The summed E-state index contributed by atoms with van der Waals surface area (Å²) in [5, 5.41) is 13.2. The number of fused-ring (bicyclic) bond motifs is 1. The van der Waals surface area contributed by atoms with Crippen LogP contribution in [-0.2, 0) is 5.60 Å². The fourth-order valence-electron chi connectivity index (χ4n) is 2.01. The third-order valence-electron chi connectivity index (χ3n) is 2.97. The molecule has 0 aromatic carbocycles. The summed E-state index contributed by atoms with van der Waals surface area (Å²) < 4.78 is 0. The van der Waals surface area contributed by atoms with Gasteiger partial charge in [-0.1, -0.05) is 0 Å². The zero-order valence-corrected chi connectivity index (χ0v) is 11.1. The molecule has 0 atom stereocenters. The Morgan fingerprint density at radius 3 is 2.89 bits per heavy atom. The number of thiophene rings is 1. The largest absolute Gasteiger partial charge is 0.385 e. The second-order valence-electron chi connectivity index (χ2n) is 4.86. The van der Waals surface area contributed by atoms with Crippen LogP contribution in [0.5, 0.6) is 0 Å². The van der Waals surface area contributed by atoms with Crippen LogP contribution in [0.4, 0.5) is 0 Å². The predicted molar refractivity (Wildman–Crippen MR) is 74.7 cm³/mol. The Morgan fingerprint density at radius 2 is 2.17 bits per heavy atom. The van der Waals surface area contributed by atoms with Gasteiger partial charge < -0.3 is 10.1 Å². The van der Waals surface area contributed by atoms with Crippen LogP contribution in [0.3, 0.4) is 0 Å². The molecule has 3 heterocycles. The highest BCUT2D eigenvalue weighted by Gasteiger charge is 2.19. The van der Waals surface area contributed by atoms with Gasteiger partial charge in [0.05, 0.1) is 5.60 Å². The van der Waals surface area contributed by atoms with Gasteiger partial charge in [-0.2, -0.15) is 0 Å². The SMILES string of the molecule is CC(C)(O)c1cc(-c2ccnc3[nH]ccc23)cs1. The molecule has 0 amide bonds. The van der Waals surface area contributed by atoms with Gasteiger partial charge in [0.15, 0.2) is 0 Å². The highest BCUT2D eigenvalue weighted by Crippen LogP contribution is 2.34. The smallest absolute Gasteiger partial charge is 0.137 e. The molecule has 0 aliphatic rings. The van der Waals surface area contributed by atoms with Crippen LogP contribution in [0, 0.1) is 0 Å². The molecule has 0 aliphatic heterocycles. The van der Waals surface area contributed by atoms with Gasteiger partial charge in [-0.25, -0.2) is 4.98 Å². The first-order chi connectivity index (χ1) is 8.55. The summed E-state index contributed by atoms with van der Waals surface area (Å²) in [6, 6.07) is 6.08. The van der Waals surface area contributed by atoms with Crippen molar-refractivity contribution in [3.63, 3.8) is 0 Å². The van der Waals surface area contributed by atoms with E-state index in [1.165, 1.54) is 0 Å². The molecule has 92 valence electrons. The third-order valence-corrected chi connectivity index (χ3v) is 4.22. The summed E-state index contributed by atoms with van der Waals surface area (Å²) >= 11 is 1.58. The van der Waals surface area contributed by atoms with E-state index in [9.17, 15) is 5.11 Å². The summed E-state index contributed by atoms with van der Waals surface area (Å²) in [6.07, 6.45) is 3.69. The van der Waals surface area contributed by atoms with Crippen molar-refractivity contribution in [2.45, 2.75) is 19.4 Å². The minimum absolute atomic E-state index is 0.785. The van der Waals surface area contributed by atoms with Crippen LogP contribution in [0.15, 0.2) is 36.0 Å². The van der Waals surface area contributed by atoms with E-state index in [-0.39, 0.29) is 0 Å². The first kappa shape index (κ1) is 11.4. The summed E-state index contributed by atoms with van der Waals surface area (Å²) in [4.78, 5) is 8.36. The van der Waals surface area contributed by atoms with E-state index in [0.29, 0.717) is 0 Å². The Labute approximate surface area is 109 Å². The van der Waals surface area contributed by atoms with Crippen LogP contribution in [0.25, 0.3) is 22.2 Å². The van der Waals surface area contributed by atoms with Crippen LogP contribution in [0.2, 0.25) is 0 Å². The molecule has 0 bridgehead atoms. The van der Waals surface area contributed by atoms with Gasteiger partial charge in [0, 0.05) is 22.7 Å². The average molecular weight is 258 g/mol. The Morgan fingerprint density at radius 1 is 1.33 bits per heavy atom. The Balaban J connectivity index is 2.15. The number of hydrogen-bond donors (Lipinski definition) is 2. The van der Waals surface area contributed by atoms with Gasteiger partial charge >= 0.3 is 0 Å². The topological polar surface area (TPSA) is 48.9 Å². The Kier molecular flexibility index (Phi) is 2.50. The van der Waals surface area contributed by atoms with E-state index in [4.69, 9.17) is 0 Å². The minimum Gasteiger partial charge on any atom is -0.385 e. The second-order valence-corrected chi connectivity index (χ2v) is 5.77. The molecule has 0 fully saturated rings. The van der Waals surface area contributed by atoms with Crippen molar-refractivity contribution in [3.05, 3.63) is 40.8 Å². The molecule has 0 aliphatic carbocycles. The minimum atomic E-state index is -0.785. The zero-order chi connectivity index (χ0) is 12.8. The van der Waals surface area contributed by atoms with Crippen LogP contribution in [0.1, 0.15) is 18.7 Å². The molecule has 4 heteroatoms. The van der Waals surface area contributed by atoms with Crippen LogP contribution in [-0.4, -0.2) is 15.1 Å². The van der Waals surface area contributed by atoms with E-state index >= 15 is 0 Å². The van der Waals surface area contributed by atoms with Crippen molar-refractivity contribution in [1.82, 2.24) is 9.97 Å². The van der Waals surface area contributed by atoms with Crippen molar-refractivity contribution in [2.75, 3.05) is 0 Å². The van der Waals surface area contributed by atoms with Crippen molar-refractivity contribution in [1.29, 1.82) is 0 Å². The zero-order valence-electron chi connectivity index (χ0n) is 10.3. The molecule has 18 heavy (non-hydrogen) atoms. The number of aromatic amines is 1. The number of aliphatic hydroxyl groups is 1. The van der Waals surface area contributed by atoms with Crippen molar-refractivity contribution >= 4 is 22.4 Å². The lowest BCUT2D eigenvalue weighted by molar-refractivity contribution is 0.0826. The van der Waals surface area contributed by atoms with Gasteiger partial charge in [-0.3, -0.25) is 0 Å². The molecule has 0 spiro atoms. The summed E-state index contributed by atoms with van der Waals surface area (Å²) in [5.74, 6) is 0. The maximum atomic E-state index is 10.0. The normalized spacial score (nSPS) is 12.2. The molecule has 3 aromatic heterocycles. The maximum Gasteiger partial charge on any atom is 0.137 e. The molecule has 0 saturated heterocycles. The van der Waals surface area contributed by atoms with Crippen molar-refractivity contribution < 1.29 is 5.11 Å². The molecular weight excluding hydrogens is 244 g/mol. The van der Waals surface area contributed by atoms with Crippen molar-refractivity contribution in [2.24, 2.45) is 0 Å². The first-order valence-electron chi connectivity index (χ1n) is 5.79. The van der Waals surface area contributed by atoms with E-state index in [1.54, 1.807) is 31.4 Å². The lowest BCUT2D eigenvalue weighted by atomic mass is 10.0. The highest BCUT2D eigenvalue weighted by molar-refractivity contribution is 7.10. The number of rotatable bonds is 2. The highest BCUT2D eigenvalue weighted by atomic mass is 32.1. The molecule has 0 unspecified atom stereocenters. The second kappa shape index (κ2) is 3.93. The van der Waals surface area contributed by atoms with Crippen LogP contribution >= 0.6 is 11.3 Å². The Hall–Kier alpha value is -1.65. The van der Waals surface area contributed by atoms with Gasteiger partial charge in [-0.15, -0.1) is 11.3 Å². The molecule has 2 N–H and O–H groups in total. The summed E-state index contributed by atoms with van der Waals surface area (Å²) in [7, 11) is 0. The number of H-pyrrole nitrogens is 1. The third kappa shape index (κ3) is 1.83. The van der Waals surface area contributed by atoms with E-state index < -0.39 is 5.60 Å². The number of aromatic nitrogens is 2.